The fourth-order valence-electron chi connectivity index (χ4n) is 2.98. The van der Waals surface area contributed by atoms with E-state index in [1.54, 1.807) is 0 Å². The molecule has 0 heterocycles. The number of ether oxygens (including phenoxy) is 3. The highest BCUT2D eigenvalue weighted by Crippen LogP contribution is 2.22. The molecule has 0 spiro atoms. The van der Waals surface area contributed by atoms with Crippen LogP contribution in [0, 0.1) is 5.92 Å². The largest absolute Gasteiger partial charge is 0.469 e. The quantitative estimate of drug-likeness (QED) is 0.307. The summed E-state index contributed by atoms with van der Waals surface area (Å²) < 4.78 is 16.0. The molecule has 1 aliphatic carbocycles. The minimum atomic E-state index is -0.679. The molecule has 1 unspecified atom stereocenters. The van der Waals surface area contributed by atoms with Crippen LogP contribution < -0.4 is 10.2 Å². The molecule has 1 aromatic rings. The second-order valence-electron chi connectivity index (χ2n) is 6.15. The molecule has 0 bridgehead atoms. The number of carbonyl (C=O) groups is 2. The molecule has 1 fully saturated rings. The van der Waals surface area contributed by atoms with Crippen molar-refractivity contribution in [2.45, 2.75) is 44.6 Å². The summed E-state index contributed by atoms with van der Waals surface area (Å²) in [4.78, 5) is 23.2. The first-order chi connectivity index (χ1) is 12.1. The van der Waals surface area contributed by atoms with Gasteiger partial charge in [0.2, 0.25) is 5.91 Å². The summed E-state index contributed by atoms with van der Waals surface area (Å²) in [7, 11) is 1.27. The van der Waals surface area contributed by atoms with Gasteiger partial charge in [-0.3, -0.25) is 14.8 Å². The third-order valence-corrected chi connectivity index (χ3v) is 4.30. The highest BCUT2D eigenvalue weighted by atomic mass is 16.7. The summed E-state index contributed by atoms with van der Waals surface area (Å²) in [5.41, 5.74) is 2.37. The molecule has 1 saturated carbocycles. The second-order valence-corrected chi connectivity index (χ2v) is 6.15. The van der Waals surface area contributed by atoms with Gasteiger partial charge in [0, 0.05) is 6.42 Å². The second kappa shape index (κ2) is 10.0. The molecule has 25 heavy (non-hydrogen) atoms. The monoisotopic (exact) mass is 351 g/mol. The van der Waals surface area contributed by atoms with Gasteiger partial charge >= 0.3 is 5.97 Å². The fraction of sp³-hybridized carbons (Fsp3) is 0.556. The highest BCUT2D eigenvalue weighted by molar-refractivity contribution is 5.82. The molecule has 0 aromatic heterocycles. The molecule has 1 aromatic carbocycles. The number of benzene rings is 1. The summed E-state index contributed by atoms with van der Waals surface area (Å²) in [5, 5.41) is 8.65. The maximum Gasteiger partial charge on any atom is 0.309 e. The number of nitrogens with one attached hydrogen (secondary N) is 1. The maximum atomic E-state index is 11.8. The van der Waals surface area contributed by atoms with Gasteiger partial charge in [-0.1, -0.05) is 25.0 Å². The normalized spacial score (nSPS) is 15.6. The molecular formula is C18H25NO6. The first-order valence-corrected chi connectivity index (χ1v) is 8.46. The van der Waals surface area contributed by atoms with E-state index in [4.69, 9.17) is 19.4 Å². The van der Waals surface area contributed by atoms with Crippen molar-refractivity contribution in [3.05, 3.63) is 29.8 Å². The lowest BCUT2D eigenvalue weighted by atomic mass is 9.96. The molecule has 1 aliphatic rings. The van der Waals surface area contributed by atoms with Crippen LogP contribution in [0.3, 0.4) is 0 Å². The Morgan fingerprint density at radius 1 is 1.32 bits per heavy atom. The molecule has 0 radical (unpaired) electrons. The standard InChI is InChI=1S/C18H25NO6/c1-23-18(21)14(11-17(20)19-22)9-13-5-4-8-16(10-13)25-12-24-15-6-2-3-7-15/h4-5,8,10,14-15,22H,2-3,6-7,9,11-12H2,1H3,(H,19,20). The van der Waals surface area contributed by atoms with E-state index in [1.807, 2.05) is 24.3 Å². The smallest absolute Gasteiger partial charge is 0.309 e. The van der Waals surface area contributed by atoms with Gasteiger partial charge < -0.3 is 14.2 Å². The van der Waals surface area contributed by atoms with Crippen molar-refractivity contribution in [3.8, 4) is 5.75 Å². The van der Waals surface area contributed by atoms with Crippen molar-refractivity contribution in [2.24, 2.45) is 5.92 Å². The topological polar surface area (TPSA) is 94.1 Å². The maximum absolute atomic E-state index is 11.8. The Morgan fingerprint density at radius 2 is 2.08 bits per heavy atom. The van der Waals surface area contributed by atoms with Gasteiger partial charge in [-0.15, -0.1) is 0 Å². The number of rotatable bonds is 9. The number of amides is 1. The predicted molar refractivity (Wildman–Crippen MR) is 89.0 cm³/mol. The van der Waals surface area contributed by atoms with Crippen LogP contribution in [0.5, 0.6) is 5.75 Å². The van der Waals surface area contributed by atoms with Gasteiger partial charge in [0.25, 0.3) is 0 Å². The van der Waals surface area contributed by atoms with Crippen LogP contribution >= 0.6 is 0 Å². The number of methoxy groups -OCH3 is 1. The fourth-order valence-corrected chi connectivity index (χ4v) is 2.98. The van der Waals surface area contributed by atoms with Crippen LogP contribution in [0.4, 0.5) is 0 Å². The minimum absolute atomic E-state index is 0.154. The molecule has 0 saturated heterocycles. The van der Waals surface area contributed by atoms with E-state index < -0.39 is 17.8 Å². The van der Waals surface area contributed by atoms with E-state index in [9.17, 15) is 9.59 Å². The Balaban J connectivity index is 1.90. The van der Waals surface area contributed by atoms with Crippen LogP contribution in [0.2, 0.25) is 0 Å². The average Bonchev–Trinajstić information content (AvgIpc) is 3.14. The lowest BCUT2D eigenvalue weighted by molar-refractivity contribution is -0.148. The first kappa shape index (κ1) is 19.2. The SMILES string of the molecule is COC(=O)C(CC(=O)NO)Cc1cccc(OCOC2CCCC2)c1. The van der Waals surface area contributed by atoms with Gasteiger partial charge in [-0.25, -0.2) is 5.48 Å². The van der Waals surface area contributed by atoms with E-state index in [0.29, 0.717) is 12.2 Å². The summed E-state index contributed by atoms with van der Waals surface area (Å²) in [6, 6.07) is 7.29. The minimum Gasteiger partial charge on any atom is -0.469 e. The first-order valence-electron chi connectivity index (χ1n) is 8.46. The van der Waals surface area contributed by atoms with E-state index in [1.165, 1.54) is 25.4 Å². The molecule has 7 heteroatoms. The summed E-state index contributed by atoms with van der Waals surface area (Å²) in [6.07, 6.45) is 5.00. The molecule has 138 valence electrons. The number of carbonyl (C=O) groups excluding carboxylic acids is 2. The van der Waals surface area contributed by atoms with Gasteiger partial charge in [-0.2, -0.15) is 0 Å². The Kier molecular flexibility index (Phi) is 7.69. The molecule has 7 nitrogen and oxygen atoms in total. The Hall–Kier alpha value is -2.12. The zero-order chi connectivity index (χ0) is 18.1. The Morgan fingerprint density at radius 3 is 2.76 bits per heavy atom. The van der Waals surface area contributed by atoms with E-state index in [-0.39, 0.29) is 19.3 Å². The average molecular weight is 351 g/mol. The van der Waals surface area contributed by atoms with Crippen LogP contribution in [0.25, 0.3) is 0 Å². The van der Waals surface area contributed by atoms with Crippen molar-refractivity contribution in [3.63, 3.8) is 0 Å². The van der Waals surface area contributed by atoms with Crippen molar-refractivity contribution >= 4 is 11.9 Å². The van der Waals surface area contributed by atoms with Gasteiger partial charge in [-0.05, 0) is 37.0 Å². The Labute approximate surface area is 147 Å². The highest BCUT2D eigenvalue weighted by Gasteiger charge is 2.23. The number of esters is 1. The lowest BCUT2D eigenvalue weighted by Crippen LogP contribution is -2.28. The molecule has 0 aliphatic heterocycles. The van der Waals surface area contributed by atoms with Crippen molar-refractivity contribution < 1.29 is 29.0 Å². The van der Waals surface area contributed by atoms with Gasteiger partial charge in [0.1, 0.15) is 5.75 Å². The zero-order valence-electron chi connectivity index (χ0n) is 14.4. The number of hydrogen-bond donors (Lipinski definition) is 2. The van der Waals surface area contributed by atoms with Crippen LogP contribution in [-0.4, -0.2) is 37.1 Å². The van der Waals surface area contributed by atoms with E-state index in [2.05, 4.69) is 0 Å². The zero-order valence-corrected chi connectivity index (χ0v) is 14.4. The molecule has 2 N–H and O–H groups in total. The lowest BCUT2D eigenvalue weighted by Gasteiger charge is -2.15. The summed E-state index contributed by atoms with van der Waals surface area (Å²) >= 11 is 0. The van der Waals surface area contributed by atoms with Crippen LogP contribution in [-0.2, 0) is 25.5 Å². The molecular weight excluding hydrogens is 326 g/mol. The van der Waals surface area contributed by atoms with Gasteiger partial charge in [0.05, 0.1) is 19.1 Å². The van der Waals surface area contributed by atoms with Crippen LogP contribution in [0.1, 0.15) is 37.7 Å². The van der Waals surface area contributed by atoms with Crippen LogP contribution in [0.15, 0.2) is 24.3 Å². The van der Waals surface area contributed by atoms with Gasteiger partial charge in [0.15, 0.2) is 6.79 Å². The number of hydrogen-bond acceptors (Lipinski definition) is 6. The van der Waals surface area contributed by atoms with E-state index in [0.717, 1.165) is 18.4 Å². The summed E-state index contributed by atoms with van der Waals surface area (Å²) in [6.45, 7) is 0.196. The van der Waals surface area contributed by atoms with Crippen molar-refractivity contribution in [1.82, 2.24) is 5.48 Å². The van der Waals surface area contributed by atoms with E-state index >= 15 is 0 Å². The third kappa shape index (κ3) is 6.36. The molecule has 1 amide bonds. The number of hydroxylamine groups is 1. The molecule has 1 atom stereocenters. The Bertz CT molecular complexity index is 570. The summed E-state index contributed by atoms with van der Waals surface area (Å²) in [5.74, 6) is -1.17. The predicted octanol–water partition coefficient (Wildman–Crippen LogP) is 2.21. The van der Waals surface area contributed by atoms with Crippen molar-refractivity contribution in [2.75, 3.05) is 13.9 Å². The molecule has 2 rings (SSSR count). The third-order valence-electron chi connectivity index (χ3n) is 4.30. The van der Waals surface area contributed by atoms with Crippen molar-refractivity contribution in [1.29, 1.82) is 0 Å².